The van der Waals surface area contributed by atoms with Gasteiger partial charge in [-0.05, 0) is 31.9 Å². The number of hydrogen-bond donors (Lipinski definition) is 0. The molecule has 3 aromatic rings. The molecular formula is C24H28N4O2. The molecule has 1 aliphatic rings. The molecule has 4 rings (SSSR count). The molecule has 1 fully saturated rings. The molecule has 1 amide bonds. The van der Waals surface area contributed by atoms with Crippen molar-refractivity contribution in [1.29, 1.82) is 0 Å². The molecule has 1 saturated heterocycles. The summed E-state index contributed by atoms with van der Waals surface area (Å²) in [4.78, 5) is 21.7. The van der Waals surface area contributed by atoms with Gasteiger partial charge in [-0.2, -0.15) is 4.98 Å². The van der Waals surface area contributed by atoms with Crippen LogP contribution in [0.25, 0.3) is 11.4 Å². The van der Waals surface area contributed by atoms with E-state index in [1.807, 2.05) is 60.5 Å². The zero-order valence-corrected chi connectivity index (χ0v) is 17.6. The fourth-order valence-electron chi connectivity index (χ4n) is 3.99. The largest absolute Gasteiger partial charge is 0.338 e. The van der Waals surface area contributed by atoms with Crippen LogP contribution in [0.5, 0.6) is 0 Å². The van der Waals surface area contributed by atoms with Gasteiger partial charge >= 0.3 is 0 Å². The van der Waals surface area contributed by atoms with Crippen LogP contribution in [-0.2, 0) is 4.79 Å². The van der Waals surface area contributed by atoms with E-state index in [9.17, 15) is 4.79 Å². The molecule has 30 heavy (non-hydrogen) atoms. The molecule has 2 aromatic carbocycles. The number of likely N-dealkylation sites (N-methyl/N-ethyl adjacent to an activating group) is 1. The lowest BCUT2D eigenvalue weighted by Crippen LogP contribution is -2.43. The molecule has 2 atom stereocenters. The van der Waals surface area contributed by atoms with Gasteiger partial charge in [0.25, 0.3) is 0 Å². The van der Waals surface area contributed by atoms with Crippen LogP contribution in [0.1, 0.15) is 49.7 Å². The highest BCUT2D eigenvalue weighted by molar-refractivity contribution is 5.78. The molecule has 6 heteroatoms. The van der Waals surface area contributed by atoms with Gasteiger partial charge in [-0.1, -0.05) is 72.2 Å². The summed E-state index contributed by atoms with van der Waals surface area (Å²) >= 11 is 0. The van der Waals surface area contributed by atoms with Crippen molar-refractivity contribution in [3.8, 4) is 11.4 Å². The molecular weight excluding hydrogens is 376 g/mol. The van der Waals surface area contributed by atoms with E-state index in [0.717, 1.165) is 36.9 Å². The number of carbonyl (C=O) groups is 1. The predicted octanol–water partition coefficient (Wildman–Crippen LogP) is 4.48. The molecule has 0 saturated carbocycles. The van der Waals surface area contributed by atoms with E-state index in [2.05, 4.69) is 34.1 Å². The van der Waals surface area contributed by atoms with Gasteiger partial charge in [-0.15, -0.1) is 0 Å². The van der Waals surface area contributed by atoms with Crippen molar-refractivity contribution in [2.24, 2.45) is 0 Å². The van der Waals surface area contributed by atoms with Crippen LogP contribution in [0, 0.1) is 0 Å². The molecule has 0 aliphatic carbocycles. The number of nitrogens with zero attached hydrogens (tertiary/aromatic N) is 4. The monoisotopic (exact) mass is 404 g/mol. The topological polar surface area (TPSA) is 62.5 Å². The van der Waals surface area contributed by atoms with Gasteiger partial charge in [0.05, 0.1) is 18.6 Å². The van der Waals surface area contributed by atoms with Crippen LogP contribution in [0.4, 0.5) is 0 Å². The van der Waals surface area contributed by atoms with Crippen molar-refractivity contribution < 1.29 is 9.32 Å². The quantitative estimate of drug-likeness (QED) is 0.606. The van der Waals surface area contributed by atoms with Crippen LogP contribution in [-0.4, -0.2) is 46.0 Å². The molecule has 2 heterocycles. The van der Waals surface area contributed by atoms with Crippen molar-refractivity contribution in [3.05, 3.63) is 72.1 Å². The van der Waals surface area contributed by atoms with Crippen LogP contribution in [0.3, 0.4) is 0 Å². The number of amides is 1. The molecule has 0 bridgehead atoms. The maximum atomic E-state index is 13.0. The highest BCUT2D eigenvalue weighted by atomic mass is 16.5. The number of benzene rings is 2. The summed E-state index contributed by atoms with van der Waals surface area (Å²) in [7, 11) is 1.87. The second-order valence-electron chi connectivity index (χ2n) is 7.90. The number of aromatic nitrogens is 2. The minimum atomic E-state index is -0.0203. The van der Waals surface area contributed by atoms with E-state index >= 15 is 0 Å². The minimum absolute atomic E-state index is 0.0203. The van der Waals surface area contributed by atoms with Gasteiger partial charge in [0.15, 0.2) is 0 Å². The van der Waals surface area contributed by atoms with E-state index in [0.29, 0.717) is 18.3 Å². The van der Waals surface area contributed by atoms with Gasteiger partial charge in [0, 0.05) is 12.6 Å². The average Bonchev–Trinajstić information content (AvgIpc) is 3.30. The Hall–Kier alpha value is -2.99. The molecule has 0 N–H and O–H groups in total. The van der Waals surface area contributed by atoms with Crippen molar-refractivity contribution >= 4 is 5.91 Å². The number of hydrogen-bond acceptors (Lipinski definition) is 5. The van der Waals surface area contributed by atoms with Gasteiger partial charge in [0.2, 0.25) is 17.6 Å². The molecule has 1 aliphatic heterocycles. The minimum Gasteiger partial charge on any atom is -0.338 e. The van der Waals surface area contributed by atoms with Crippen LogP contribution in [0.15, 0.2) is 65.2 Å². The van der Waals surface area contributed by atoms with E-state index < -0.39 is 0 Å². The first-order chi connectivity index (χ1) is 14.6. The highest BCUT2D eigenvalue weighted by Gasteiger charge is 2.31. The Morgan fingerprint density at radius 3 is 2.57 bits per heavy atom. The average molecular weight is 405 g/mol. The van der Waals surface area contributed by atoms with Gasteiger partial charge < -0.3 is 9.42 Å². The smallest absolute Gasteiger partial charge is 0.244 e. The Labute approximate surface area is 177 Å². The fraction of sp³-hybridized carbons (Fsp3) is 0.375. The Kier molecular flexibility index (Phi) is 6.23. The molecule has 0 unspecified atom stereocenters. The normalized spacial score (nSPS) is 18.1. The van der Waals surface area contributed by atoms with Gasteiger partial charge in [-0.3, -0.25) is 9.69 Å². The lowest BCUT2D eigenvalue weighted by atomic mass is 10.0. The Morgan fingerprint density at radius 2 is 1.83 bits per heavy atom. The van der Waals surface area contributed by atoms with Crippen LogP contribution in [0.2, 0.25) is 0 Å². The zero-order valence-electron chi connectivity index (χ0n) is 17.6. The zero-order chi connectivity index (χ0) is 20.9. The molecule has 156 valence electrons. The summed E-state index contributed by atoms with van der Waals surface area (Å²) in [6, 6.07) is 19.9. The van der Waals surface area contributed by atoms with Crippen LogP contribution < -0.4 is 0 Å². The molecule has 6 nitrogen and oxygen atoms in total. The second-order valence-corrected chi connectivity index (χ2v) is 7.90. The summed E-state index contributed by atoms with van der Waals surface area (Å²) in [6.45, 7) is 3.26. The fourth-order valence-corrected chi connectivity index (χ4v) is 3.99. The Balaban J connectivity index is 1.46. The lowest BCUT2D eigenvalue weighted by molar-refractivity contribution is -0.134. The van der Waals surface area contributed by atoms with Crippen molar-refractivity contribution in [2.45, 2.75) is 38.3 Å². The summed E-state index contributed by atoms with van der Waals surface area (Å²) in [5.74, 6) is 1.29. The third-order valence-corrected chi connectivity index (χ3v) is 5.97. The van der Waals surface area contributed by atoms with E-state index in [4.69, 9.17) is 4.52 Å². The van der Waals surface area contributed by atoms with E-state index in [1.165, 1.54) is 0 Å². The highest BCUT2D eigenvalue weighted by Crippen LogP contribution is 2.31. The molecule has 0 spiro atoms. The number of piperidine rings is 1. The molecule has 1 aromatic heterocycles. The van der Waals surface area contributed by atoms with Gasteiger partial charge in [0.1, 0.15) is 0 Å². The Bertz CT molecular complexity index is 958. The molecule has 0 radical (unpaired) electrons. The first-order valence-corrected chi connectivity index (χ1v) is 10.6. The summed E-state index contributed by atoms with van der Waals surface area (Å²) in [6.07, 6.45) is 3.08. The number of likely N-dealkylation sites (tertiary alicyclic amines) is 1. The second kappa shape index (κ2) is 9.22. The summed E-state index contributed by atoms with van der Waals surface area (Å²) in [5, 5.41) is 4.17. The third kappa shape index (κ3) is 4.44. The maximum Gasteiger partial charge on any atom is 0.244 e. The SMILES string of the molecule is C[C@@H](c1ccccc1)N(C)C(=O)CN1CCCC[C@H]1c1nc(-c2ccccc2)no1. The van der Waals surface area contributed by atoms with E-state index in [-0.39, 0.29) is 18.0 Å². The van der Waals surface area contributed by atoms with Crippen molar-refractivity contribution in [3.63, 3.8) is 0 Å². The first-order valence-electron chi connectivity index (χ1n) is 10.6. The summed E-state index contributed by atoms with van der Waals surface area (Å²) in [5.41, 5.74) is 2.07. The van der Waals surface area contributed by atoms with Crippen LogP contribution >= 0.6 is 0 Å². The number of carbonyl (C=O) groups excluding carboxylic acids is 1. The summed E-state index contributed by atoms with van der Waals surface area (Å²) < 4.78 is 5.62. The van der Waals surface area contributed by atoms with E-state index in [1.54, 1.807) is 0 Å². The van der Waals surface area contributed by atoms with Crippen molar-refractivity contribution in [2.75, 3.05) is 20.1 Å². The predicted molar refractivity (Wildman–Crippen MR) is 116 cm³/mol. The third-order valence-electron chi connectivity index (χ3n) is 5.97. The Morgan fingerprint density at radius 1 is 1.13 bits per heavy atom. The standard InChI is InChI=1S/C24H28N4O2/c1-18(19-11-5-3-6-12-19)27(2)22(29)17-28-16-10-9-15-21(28)24-25-23(26-30-24)20-13-7-4-8-14-20/h3-8,11-14,18,21H,9-10,15-17H2,1-2H3/t18-,21-/m0/s1. The first kappa shape index (κ1) is 20.3. The maximum absolute atomic E-state index is 13.0. The van der Waals surface area contributed by atoms with Crippen molar-refractivity contribution in [1.82, 2.24) is 19.9 Å². The van der Waals surface area contributed by atoms with Gasteiger partial charge in [-0.25, -0.2) is 0 Å². The number of rotatable bonds is 6. The lowest BCUT2D eigenvalue weighted by Gasteiger charge is -2.35.